The molecule has 33 heavy (non-hydrogen) atoms. The number of rotatable bonds is 4. The lowest BCUT2D eigenvalue weighted by molar-refractivity contribution is 0.730. The normalized spacial score (nSPS) is 11.8. The standard InChI is InChI=1S/C22H18Cl2N8O/c1-10-6-7-15(24)16-17(10)29-20(32(21(16)33)13-5-3-4-12(23)8-13)11(2)28-19-14(9-25)18(26)30-22(27)31-19/h3-8,11H,1-2H3,(H5,26,27,28,30,31)/t11-/m0/s1. The average molecular weight is 481 g/mol. The largest absolute Gasteiger partial charge is 0.382 e. The molecule has 166 valence electrons. The molecule has 2 aromatic heterocycles. The predicted molar refractivity (Wildman–Crippen MR) is 130 cm³/mol. The maximum absolute atomic E-state index is 13.7. The first-order valence-electron chi connectivity index (χ1n) is 9.78. The molecule has 0 aliphatic carbocycles. The Labute approximate surface area is 198 Å². The first-order valence-corrected chi connectivity index (χ1v) is 10.5. The number of benzene rings is 2. The summed E-state index contributed by atoms with van der Waals surface area (Å²) in [5.74, 6) is 0.327. The molecule has 0 saturated carbocycles. The second-order valence-corrected chi connectivity index (χ2v) is 8.19. The van der Waals surface area contributed by atoms with Crippen LogP contribution in [0.4, 0.5) is 17.6 Å². The summed E-state index contributed by atoms with van der Waals surface area (Å²) in [4.78, 5) is 26.4. The molecule has 1 atom stereocenters. The van der Waals surface area contributed by atoms with Crippen molar-refractivity contribution in [1.29, 1.82) is 5.26 Å². The minimum absolute atomic E-state index is 0.0349. The smallest absolute Gasteiger partial charge is 0.267 e. The molecule has 11 heteroatoms. The van der Waals surface area contributed by atoms with Crippen molar-refractivity contribution in [3.05, 3.63) is 73.7 Å². The van der Waals surface area contributed by atoms with Crippen molar-refractivity contribution in [1.82, 2.24) is 19.5 Å². The number of nitrogens with one attached hydrogen (secondary N) is 1. The monoisotopic (exact) mass is 480 g/mol. The number of nitrogen functional groups attached to an aromatic ring is 2. The van der Waals surface area contributed by atoms with Gasteiger partial charge < -0.3 is 16.8 Å². The number of nitriles is 1. The molecule has 0 aliphatic heterocycles. The quantitative estimate of drug-likeness (QED) is 0.396. The molecule has 0 fully saturated rings. The summed E-state index contributed by atoms with van der Waals surface area (Å²) in [7, 11) is 0. The van der Waals surface area contributed by atoms with Crippen LogP contribution in [0, 0.1) is 18.3 Å². The highest BCUT2D eigenvalue weighted by Gasteiger charge is 2.22. The number of nitrogens with zero attached hydrogens (tertiary/aromatic N) is 5. The van der Waals surface area contributed by atoms with Crippen molar-refractivity contribution >= 4 is 51.7 Å². The number of hydrogen-bond acceptors (Lipinski definition) is 8. The molecule has 0 bridgehead atoms. The number of anilines is 3. The third kappa shape index (κ3) is 4.02. The van der Waals surface area contributed by atoms with Gasteiger partial charge in [0.2, 0.25) is 5.95 Å². The third-order valence-electron chi connectivity index (χ3n) is 5.07. The van der Waals surface area contributed by atoms with E-state index in [4.69, 9.17) is 39.7 Å². The van der Waals surface area contributed by atoms with Crippen molar-refractivity contribution in [3.63, 3.8) is 0 Å². The molecule has 0 saturated heterocycles. The Hall–Kier alpha value is -3.87. The van der Waals surface area contributed by atoms with E-state index < -0.39 is 6.04 Å². The second-order valence-electron chi connectivity index (χ2n) is 7.35. The van der Waals surface area contributed by atoms with Gasteiger partial charge in [-0.2, -0.15) is 15.2 Å². The lowest BCUT2D eigenvalue weighted by atomic mass is 10.1. The van der Waals surface area contributed by atoms with E-state index in [-0.39, 0.29) is 28.7 Å². The SMILES string of the molecule is Cc1ccc(Cl)c2c(=O)n(-c3cccc(Cl)c3)c([C@H](C)Nc3nc(N)nc(N)c3C#N)nc12. The Balaban J connectivity index is 1.99. The maximum atomic E-state index is 13.7. The van der Waals surface area contributed by atoms with Gasteiger partial charge in [-0.3, -0.25) is 9.36 Å². The van der Waals surface area contributed by atoms with Crippen LogP contribution < -0.4 is 22.3 Å². The highest BCUT2D eigenvalue weighted by Crippen LogP contribution is 2.28. The molecular weight excluding hydrogens is 463 g/mol. The molecule has 4 aromatic rings. The summed E-state index contributed by atoms with van der Waals surface area (Å²) in [6, 6.07) is 11.6. The van der Waals surface area contributed by atoms with Crippen LogP contribution in [0.2, 0.25) is 10.0 Å². The molecular formula is C22H18Cl2N8O. The number of nitrogens with two attached hydrogens (primary N) is 2. The van der Waals surface area contributed by atoms with Crippen LogP contribution in [0.1, 0.15) is 29.9 Å². The molecule has 5 N–H and O–H groups in total. The van der Waals surface area contributed by atoms with Crippen molar-refractivity contribution in [2.45, 2.75) is 19.9 Å². The van der Waals surface area contributed by atoms with Gasteiger partial charge >= 0.3 is 0 Å². The van der Waals surface area contributed by atoms with Gasteiger partial charge in [0.15, 0.2) is 5.82 Å². The molecule has 0 radical (unpaired) electrons. The van der Waals surface area contributed by atoms with Crippen LogP contribution in [0.3, 0.4) is 0 Å². The van der Waals surface area contributed by atoms with Crippen LogP contribution in [0.5, 0.6) is 0 Å². The molecule has 2 aromatic carbocycles. The van der Waals surface area contributed by atoms with Gasteiger partial charge in [-0.15, -0.1) is 0 Å². The van der Waals surface area contributed by atoms with E-state index in [0.717, 1.165) is 5.56 Å². The fraction of sp³-hybridized carbons (Fsp3) is 0.136. The van der Waals surface area contributed by atoms with Gasteiger partial charge in [0, 0.05) is 5.02 Å². The van der Waals surface area contributed by atoms with E-state index >= 15 is 0 Å². The summed E-state index contributed by atoms with van der Waals surface area (Å²) >= 11 is 12.6. The Morgan fingerprint density at radius 2 is 1.91 bits per heavy atom. The summed E-state index contributed by atoms with van der Waals surface area (Å²) in [6.45, 7) is 3.61. The minimum atomic E-state index is -0.611. The van der Waals surface area contributed by atoms with Gasteiger partial charge in [0.25, 0.3) is 5.56 Å². The maximum Gasteiger partial charge on any atom is 0.267 e. The Morgan fingerprint density at radius 3 is 2.61 bits per heavy atom. The molecule has 0 spiro atoms. The molecule has 0 unspecified atom stereocenters. The van der Waals surface area contributed by atoms with Gasteiger partial charge in [-0.1, -0.05) is 35.3 Å². The Kier molecular flexibility index (Phi) is 5.80. The van der Waals surface area contributed by atoms with Crippen LogP contribution in [-0.4, -0.2) is 19.5 Å². The van der Waals surface area contributed by atoms with Crippen molar-refractivity contribution in [3.8, 4) is 11.8 Å². The van der Waals surface area contributed by atoms with E-state index in [1.54, 1.807) is 43.3 Å². The number of fused-ring (bicyclic) bond motifs is 1. The number of aromatic nitrogens is 4. The zero-order valence-corrected chi connectivity index (χ0v) is 19.1. The zero-order chi connectivity index (χ0) is 23.9. The molecule has 0 aliphatic rings. The van der Waals surface area contributed by atoms with E-state index in [0.29, 0.717) is 32.5 Å². The Bertz CT molecular complexity index is 1510. The summed E-state index contributed by atoms with van der Waals surface area (Å²) in [5.41, 5.74) is 13.0. The fourth-order valence-corrected chi connectivity index (χ4v) is 3.95. The highest BCUT2D eigenvalue weighted by atomic mass is 35.5. The third-order valence-corrected chi connectivity index (χ3v) is 5.62. The number of aryl methyl sites for hydroxylation is 1. The second kappa shape index (κ2) is 8.58. The van der Waals surface area contributed by atoms with Gasteiger partial charge in [-0.25, -0.2) is 4.98 Å². The first kappa shape index (κ1) is 22.3. The fourth-order valence-electron chi connectivity index (χ4n) is 3.53. The zero-order valence-electron chi connectivity index (χ0n) is 17.6. The topological polar surface area (TPSA) is 149 Å². The van der Waals surface area contributed by atoms with Gasteiger partial charge in [0.05, 0.1) is 27.7 Å². The van der Waals surface area contributed by atoms with Gasteiger partial charge in [0.1, 0.15) is 23.3 Å². The Morgan fingerprint density at radius 1 is 1.15 bits per heavy atom. The van der Waals surface area contributed by atoms with E-state index in [1.165, 1.54) is 4.57 Å². The number of halogens is 2. The van der Waals surface area contributed by atoms with Crippen LogP contribution in [-0.2, 0) is 0 Å². The van der Waals surface area contributed by atoms with Crippen molar-refractivity contribution in [2.24, 2.45) is 0 Å². The van der Waals surface area contributed by atoms with E-state index in [9.17, 15) is 10.1 Å². The first-order chi connectivity index (χ1) is 15.7. The van der Waals surface area contributed by atoms with Gasteiger partial charge in [-0.05, 0) is 43.7 Å². The molecule has 4 rings (SSSR count). The van der Waals surface area contributed by atoms with Crippen molar-refractivity contribution < 1.29 is 0 Å². The number of hydrogen-bond donors (Lipinski definition) is 3. The van der Waals surface area contributed by atoms with Crippen LogP contribution in [0.25, 0.3) is 16.6 Å². The average Bonchev–Trinajstić information content (AvgIpc) is 2.75. The van der Waals surface area contributed by atoms with E-state index in [1.807, 2.05) is 13.0 Å². The summed E-state index contributed by atoms with van der Waals surface area (Å²) in [6.07, 6.45) is 0. The van der Waals surface area contributed by atoms with Crippen molar-refractivity contribution in [2.75, 3.05) is 16.8 Å². The van der Waals surface area contributed by atoms with E-state index in [2.05, 4.69) is 15.3 Å². The van der Waals surface area contributed by atoms with Crippen LogP contribution >= 0.6 is 23.2 Å². The highest BCUT2D eigenvalue weighted by molar-refractivity contribution is 6.35. The summed E-state index contributed by atoms with van der Waals surface area (Å²) < 4.78 is 1.43. The minimum Gasteiger partial charge on any atom is -0.382 e. The lowest BCUT2D eigenvalue weighted by Gasteiger charge is -2.21. The van der Waals surface area contributed by atoms with Crippen LogP contribution in [0.15, 0.2) is 41.2 Å². The molecule has 2 heterocycles. The summed E-state index contributed by atoms with van der Waals surface area (Å²) in [5, 5.41) is 13.6. The lowest BCUT2D eigenvalue weighted by Crippen LogP contribution is -2.28. The predicted octanol–water partition coefficient (Wildman–Crippen LogP) is 4.00. The molecule has 0 amide bonds. The molecule has 9 nitrogen and oxygen atoms in total.